The standard InChI is InChI=1S/C31H36N2O6/c1-5-38-29(34)18-10-7-13-21-39-27-17-12-11-16-26(27)33(3)31(36)25-20-19-24(22-28(25)37-4)32(2)30(35)23-14-8-6-9-15-23/h6,8-9,11-12,14-17,19-20,22H,5,7,10,13,18,21H2,1-4H3. The number of carbonyl (C=O) groups excluding carboxylic acids is 3. The van der Waals surface area contributed by atoms with Crippen LogP contribution in [0.3, 0.4) is 0 Å². The van der Waals surface area contributed by atoms with Gasteiger partial charge in [0.1, 0.15) is 11.5 Å². The number of carbonyl (C=O) groups is 3. The van der Waals surface area contributed by atoms with E-state index in [-0.39, 0.29) is 17.8 Å². The zero-order valence-electron chi connectivity index (χ0n) is 23.0. The van der Waals surface area contributed by atoms with E-state index in [0.29, 0.717) is 53.6 Å². The lowest BCUT2D eigenvalue weighted by atomic mass is 10.1. The molecule has 0 spiro atoms. The molecule has 0 aromatic heterocycles. The van der Waals surface area contributed by atoms with Crippen molar-refractivity contribution in [2.75, 3.05) is 44.2 Å². The molecule has 0 saturated carbocycles. The van der Waals surface area contributed by atoms with Crippen LogP contribution in [0.2, 0.25) is 0 Å². The normalized spacial score (nSPS) is 10.5. The Bertz CT molecular complexity index is 1260. The van der Waals surface area contributed by atoms with Gasteiger partial charge in [-0.1, -0.05) is 30.3 Å². The van der Waals surface area contributed by atoms with Crippen LogP contribution < -0.4 is 19.3 Å². The summed E-state index contributed by atoms with van der Waals surface area (Å²) in [5.41, 5.74) is 2.15. The maximum atomic E-state index is 13.5. The van der Waals surface area contributed by atoms with Crippen molar-refractivity contribution in [2.24, 2.45) is 0 Å². The maximum Gasteiger partial charge on any atom is 0.305 e. The van der Waals surface area contributed by atoms with E-state index in [2.05, 4.69) is 0 Å². The average Bonchev–Trinajstić information content (AvgIpc) is 2.97. The molecule has 0 radical (unpaired) electrons. The lowest BCUT2D eigenvalue weighted by molar-refractivity contribution is -0.143. The number of amides is 2. The van der Waals surface area contributed by atoms with Crippen LogP contribution in [-0.4, -0.2) is 52.2 Å². The third-order valence-corrected chi connectivity index (χ3v) is 6.25. The Morgan fingerprint density at radius 2 is 1.49 bits per heavy atom. The molecule has 0 unspecified atom stereocenters. The highest BCUT2D eigenvalue weighted by atomic mass is 16.5. The Hall–Kier alpha value is -4.33. The zero-order valence-corrected chi connectivity index (χ0v) is 23.0. The topological polar surface area (TPSA) is 85.4 Å². The lowest BCUT2D eigenvalue weighted by Gasteiger charge is -2.23. The number of hydrogen-bond donors (Lipinski definition) is 0. The number of hydrogen-bond acceptors (Lipinski definition) is 6. The van der Waals surface area contributed by atoms with Crippen molar-refractivity contribution in [3.8, 4) is 11.5 Å². The van der Waals surface area contributed by atoms with Crippen molar-refractivity contribution < 1.29 is 28.6 Å². The number of methoxy groups -OCH3 is 1. The average molecular weight is 533 g/mol. The van der Waals surface area contributed by atoms with Gasteiger partial charge < -0.3 is 24.0 Å². The highest BCUT2D eigenvalue weighted by Gasteiger charge is 2.22. The van der Waals surface area contributed by atoms with Gasteiger partial charge in [-0.3, -0.25) is 14.4 Å². The first-order valence-corrected chi connectivity index (χ1v) is 13.0. The van der Waals surface area contributed by atoms with Gasteiger partial charge in [-0.05, 0) is 62.6 Å². The summed E-state index contributed by atoms with van der Waals surface area (Å²) < 4.78 is 16.5. The quantitative estimate of drug-likeness (QED) is 0.206. The van der Waals surface area contributed by atoms with Gasteiger partial charge in [-0.15, -0.1) is 0 Å². The minimum absolute atomic E-state index is 0.166. The van der Waals surface area contributed by atoms with E-state index in [1.54, 1.807) is 51.4 Å². The van der Waals surface area contributed by atoms with Crippen molar-refractivity contribution in [3.05, 3.63) is 83.9 Å². The maximum absolute atomic E-state index is 13.5. The molecular formula is C31H36N2O6. The molecule has 39 heavy (non-hydrogen) atoms. The fraction of sp³-hybridized carbons (Fsp3) is 0.323. The molecule has 0 N–H and O–H groups in total. The summed E-state index contributed by atoms with van der Waals surface area (Å²) in [5.74, 6) is 0.322. The number of esters is 1. The number of benzene rings is 3. The van der Waals surface area contributed by atoms with Crippen LogP contribution in [0, 0.1) is 0 Å². The van der Waals surface area contributed by atoms with Gasteiger partial charge in [0.05, 0.1) is 31.6 Å². The van der Waals surface area contributed by atoms with Crippen LogP contribution in [0.25, 0.3) is 0 Å². The predicted molar refractivity (Wildman–Crippen MR) is 152 cm³/mol. The molecule has 0 fully saturated rings. The van der Waals surface area contributed by atoms with Gasteiger partial charge in [-0.2, -0.15) is 0 Å². The molecular weight excluding hydrogens is 496 g/mol. The Morgan fingerprint density at radius 1 is 0.769 bits per heavy atom. The minimum atomic E-state index is -0.277. The first kappa shape index (κ1) is 29.2. The Labute approximate surface area is 230 Å². The third kappa shape index (κ3) is 7.83. The Kier molecular flexibility index (Phi) is 10.9. The van der Waals surface area contributed by atoms with Crippen LogP contribution in [-0.2, 0) is 9.53 Å². The molecule has 8 heteroatoms. The smallest absolute Gasteiger partial charge is 0.305 e. The van der Waals surface area contributed by atoms with Crippen molar-refractivity contribution >= 4 is 29.2 Å². The largest absolute Gasteiger partial charge is 0.496 e. The molecule has 2 amide bonds. The van der Waals surface area contributed by atoms with E-state index < -0.39 is 0 Å². The van der Waals surface area contributed by atoms with Crippen LogP contribution in [0.4, 0.5) is 11.4 Å². The van der Waals surface area contributed by atoms with Gasteiger partial charge in [0.2, 0.25) is 0 Å². The molecule has 0 heterocycles. The highest BCUT2D eigenvalue weighted by molar-refractivity contribution is 6.09. The first-order valence-electron chi connectivity index (χ1n) is 13.0. The second-order valence-electron chi connectivity index (χ2n) is 8.91. The molecule has 8 nitrogen and oxygen atoms in total. The molecule has 0 atom stereocenters. The van der Waals surface area contributed by atoms with Gasteiger partial charge in [-0.25, -0.2) is 0 Å². The molecule has 0 saturated heterocycles. The highest BCUT2D eigenvalue weighted by Crippen LogP contribution is 2.32. The first-order chi connectivity index (χ1) is 18.9. The van der Waals surface area contributed by atoms with E-state index in [0.717, 1.165) is 19.3 Å². The predicted octanol–water partition coefficient (Wildman–Crippen LogP) is 5.75. The molecule has 206 valence electrons. The second kappa shape index (κ2) is 14.6. The van der Waals surface area contributed by atoms with Gasteiger partial charge in [0, 0.05) is 37.8 Å². The molecule has 0 aliphatic heterocycles. The summed E-state index contributed by atoms with van der Waals surface area (Å²) in [4.78, 5) is 40.9. The third-order valence-electron chi connectivity index (χ3n) is 6.25. The number of para-hydroxylation sites is 2. The summed E-state index contributed by atoms with van der Waals surface area (Å²) in [6.45, 7) is 2.65. The number of unbranched alkanes of at least 4 members (excludes halogenated alkanes) is 2. The molecule has 3 aromatic rings. The van der Waals surface area contributed by atoms with Gasteiger partial charge in [0.15, 0.2) is 0 Å². The summed E-state index contributed by atoms with van der Waals surface area (Å²) >= 11 is 0. The second-order valence-corrected chi connectivity index (χ2v) is 8.91. The van der Waals surface area contributed by atoms with Crippen molar-refractivity contribution in [3.63, 3.8) is 0 Å². The number of anilines is 2. The SMILES string of the molecule is CCOC(=O)CCCCCOc1ccccc1N(C)C(=O)c1ccc(N(C)C(=O)c2ccccc2)cc1OC. The van der Waals surface area contributed by atoms with E-state index in [4.69, 9.17) is 14.2 Å². The summed E-state index contributed by atoms with van der Waals surface area (Å²) in [6.07, 6.45) is 2.75. The van der Waals surface area contributed by atoms with Crippen LogP contribution in [0.15, 0.2) is 72.8 Å². The number of nitrogens with zero attached hydrogens (tertiary/aromatic N) is 2. The van der Waals surface area contributed by atoms with Gasteiger partial charge in [0.25, 0.3) is 11.8 Å². The molecule has 0 bridgehead atoms. The minimum Gasteiger partial charge on any atom is -0.496 e. The van der Waals surface area contributed by atoms with Crippen molar-refractivity contribution in [1.29, 1.82) is 0 Å². The summed E-state index contributed by atoms with van der Waals surface area (Å²) in [7, 11) is 4.86. The fourth-order valence-electron chi connectivity index (χ4n) is 4.07. The van der Waals surface area contributed by atoms with Gasteiger partial charge >= 0.3 is 5.97 Å². The van der Waals surface area contributed by atoms with E-state index >= 15 is 0 Å². The number of ether oxygens (including phenoxy) is 3. The van der Waals surface area contributed by atoms with E-state index in [1.165, 1.54) is 16.9 Å². The zero-order chi connectivity index (χ0) is 28.2. The van der Waals surface area contributed by atoms with Crippen LogP contribution in [0.5, 0.6) is 11.5 Å². The fourth-order valence-corrected chi connectivity index (χ4v) is 4.07. The van der Waals surface area contributed by atoms with Crippen LogP contribution >= 0.6 is 0 Å². The molecule has 0 aliphatic carbocycles. The van der Waals surface area contributed by atoms with E-state index in [9.17, 15) is 14.4 Å². The number of rotatable bonds is 13. The Balaban J connectivity index is 1.67. The summed E-state index contributed by atoms with van der Waals surface area (Å²) in [5, 5.41) is 0. The summed E-state index contributed by atoms with van der Waals surface area (Å²) in [6, 6.07) is 21.4. The molecule has 0 aliphatic rings. The Morgan fingerprint density at radius 3 is 2.21 bits per heavy atom. The monoisotopic (exact) mass is 532 g/mol. The van der Waals surface area contributed by atoms with Crippen LogP contribution in [0.1, 0.15) is 53.3 Å². The van der Waals surface area contributed by atoms with Crippen molar-refractivity contribution in [2.45, 2.75) is 32.6 Å². The van der Waals surface area contributed by atoms with E-state index in [1.807, 2.05) is 42.5 Å². The molecule has 3 aromatic carbocycles. The lowest BCUT2D eigenvalue weighted by Crippen LogP contribution is -2.28. The van der Waals surface area contributed by atoms with Crippen molar-refractivity contribution in [1.82, 2.24) is 0 Å². The molecule has 3 rings (SSSR count).